The first kappa shape index (κ1) is 37.0. The van der Waals surface area contributed by atoms with Crippen LogP contribution in [0.25, 0.3) is 0 Å². The highest BCUT2D eigenvalue weighted by Gasteiger charge is 2.59. The Bertz CT molecular complexity index is 1100. The summed E-state index contributed by atoms with van der Waals surface area (Å²) in [6, 6.07) is 0. The molecule has 3 saturated carbocycles. The molecular weight excluding hydrogens is 598 g/mol. The lowest BCUT2D eigenvalue weighted by Gasteiger charge is -2.58. The summed E-state index contributed by atoms with van der Waals surface area (Å²) in [5.74, 6) is 4.84. The molecule has 1 amide bonds. The number of rotatable bonds is 12. The zero-order valence-corrected chi connectivity index (χ0v) is 30.0. The van der Waals surface area contributed by atoms with E-state index >= 15 is 0 Å². The van der Waals surface area contributed by atoms with Crippen LogP contribution in [0.2, 0.25) is 0 Å². The monoisotopic (exact) mass is 663 g/mol. The normalized spacial score (nSPS) is 43.8. The Balaban J connectivity index is 1.07. The molecule has 5 aliphatic rings. The molecule has 9 nitrogen and oxygen atoms in total. The minimum atomic E-state index is -1.51. The molecule has 0 aromatic rings. The van der Waals surface area contributed by atoms with Crippen LogP contribution >= 0.6 is 0 Å². The van der Waals surface area contributed by atoms with Crippen molar-refractivity contribution in [3.8, 4) is 0 Å². The van der Waals surface area contributed by atoms with Crippen molar-refractivity contribution in [1.29, 1.82) is 0 Å². The summed E-state index contributed by atoms with van der Waals surface area (Å²) in [5.41, 5.74) is 0.750. The number of amides is 1. The van der Waals surface area contributed by atoms with Crippen LogP contribution in [0.3, 0.4) is 0 Å². The van der Waals surface area contributed by atoms with E-state index in [2.05, 4.69) is 46.0 Å². The topological polar surface area (TPSA) is 138 Å². The van der Waals surface area contributed by atoms with Crippen LogP contribution in [0.4, 0.5) is 4.79 Å². The lowest BCUT2D eigenvalue weighted by Crippen LogP contribution is -2.65. The van der Waals surface area contributed by atoms with E-state index in [0.29, 0.717) is 18.4 Å². The van der Waals surface area contributed by atoms with Gasteiger partial charge >= 0.3 is 6.09 Å². The molecule has 0 bridgehead atoms. The fourth-order valence-electron chi connectivity index (χ4n) is 10.8. The van der Waals surface area contributed by atoms with Crippen LogP contribution < -0.4 is 5.32 Å². The maximum absolute atomic E-state index is 12.7. The SMILES string of the molecule is CC(C)CCCC(C)C1CCC2C3CC=C4CC(OC(=O)NCCCO[C@H]5OC(C)(CO)[C@H](O)C(O)C5O)CC[C@]4(C)C3CC[C@]12C. The van der Waals surface area contributed by atoms with Gasteiger partial charge in [-0.05, 0) is 105 Å². The molecule has 47 heavy (non-hydrogen) atoms. The Kier molecular flexibility index (Phi) is 11.8. The number of allylic oxidation sites excluding steroid dienone is 1. The third-order valence-electron chi connectivity index (χ3n) is 13.7. The van der Waals surface area contributed by atoms with Gasteiger partial charge in [0.05, 0.1) is 13.2 Å². The molecule has 1 heterocycles. The summed E-state index contributed by atoms with van der Waals surface area (Å²) in [7, 11) is 0. The molecule has 270 valence electrons. The van der Waals surface area contributed by atoms with E-state index in [9.17, 15) is 25.2 Å². The van der Waals surface area contributed by atoms with Crippen molar-refractivity contribution in [2.24, 2.45) is 46.3 Å². The molecule has 9 heteroatoms. The van der Waals surface area contributed by atoms with Crippen molar-refractivity contribution in [2.75, 3.05) is 19.8 Å². The summed E-state index contributed by atoms with van der Waals surface area (Å²) in [6.45, 7) is 13.8. The van der Waals surface area contributed by atoms with E-state index in [4.69, 9.17) is 14.2 Å². The molecule has 5 N–H and O–H groups in total. The maximum Gasteiger partial charge on any atom is 0.407 e. The number of carbonyl (C=O) groups is 1. The van der Waals surface area contributed by atoms with Gasteiger partial charge in [-0.3, -0.25) is 0 Å². The summed E-state index contributed by atoms with van der Waals surface area (Å²) in [6.07, 6.45) is 10.4. The predicted octanol–water partition coefficient (Wildman–Crippen LogP) is 5.72. The summed E-state index contributed by atoms with van der Waals surface area (Å²) in [5, 5.41) is 42.8. The van der Waals surface area contributed by atoms with Crippen molar-refractivity contribution < 1.29 is 39.4 Å². The van der Waals surface area contributed by atoms with E-state index < -0.39 is 42.9 Å². The maximum atomic E-state index is 12.7. The number of fused-ring (bicyclic) bond motifs is 5. The van der Waals surface area contributed by atoms with Crippen molar-refractivity contribution in [2.45, 2.75) is 155 Å². The number of hydrogen-bond donors (Lipinski definition) is 5. The highest BCUT2D eigenvalue weighted by molar-refractivity contribution is 5.67. The second-order valence-electron chi connectivity index (χ2n) is 17.1. The van der Waals surface area contributed by atoms with Crippen LogP contribution in [0.1, 0.15) is 119 Å². The van der Waals surface area contributed by atoms with Crippen LogP contribution in [0, 0.1) is 46.3 Å². The van der Waals surface area contributed by atoms with Crippen LogP contribution in [-0.2, 0) is 14.2 Å². The van der Waals surface area contributed by atoms with Gasteiger partial charge in [0.25, 0.3) is 0 Å². The third kappa shape index (κ3) is 7.46. The largest absolute Gasteiger partial charge is 0.446 e. The smallest absolute Gasteiger partial charge is 0.407 e. The van der Waals surface area contributed by atoms with Gasteiger partial charge < -0.3 is 40.0 Å². The Hall–Kier alpha value is -1.23. The number of nitrogens with one attached hydrogen (secondary N) is 1. The van der Waals surface area contributed by atoms with Gasteiger partial charge in [0.1, 0.15) is 30.0 Å². The van der Waals surface area contributed by atoms with Crippen molar-refractivity contribution >= 4 is 6.09 Å². The Labute approximate surface area is 283 Å². The average molecular weight is 664 g/mol. The zero-order valence-electron chi connectivity index (χ0n) is 30.0. The molecule has 5 rings (SSSR count). The number of alkyl carbamates (subject to hydrolysis) is 1. The predicted molar refractivity (Wildman–Crippen MR) is 180 cm³/mol. The quantitative estimate of drug-likeness (QED) is 0.132. The lowest BCUT2D eigenvalue weighted by molar-refractivity contribution is -0.333. The van der Waals surface area contributed by atoms with Gasteiger partial charge in [-0.1, -0.05) is 65.5 Å². The standard InChI is InChI=1S/C38H65NO8/c1-23(2)9-7-10-24(3)28-13-14-29-27-12-11-25-21-26(15-17-36(25,4)30(27)16-18-37(28,29)5)46-35(44)39-19-8-20-45-34-32(42)31(41)33(43)38(6,22-40)47-34/h11,23-24,26-34,40-43H,7-10,12-22H2,1-6H3,(H,39,44)/t24?,26?,27?,28?,29?,30?,31?,32?,33-,34+,36+,37-,38?/m1/s1. The van der Waals surface area contributed by atoms with E-state index in [-0.39, 0.29) is 18.1 Å². The number of aliphatic hydroxyl groups is 4. The van der Waals surface area contributed by atoms with Gasteiger partial charge in [-0.25, -0.2) is 4.79 Å². The van der Waals surface area contributed by atoms with Gasteiger partial charge in [-0.15, -0.1) is 0 Å². The number of aliphatic hydroxyl groups excluding tert-OH is 4. The zero-order chi connectivity index (χ0) is 34.1. The molecule has 0 aromatic heterocycles. The fraction of sp³-hybridized carbons (Fsp3) is 0.921. The molecule has 9 unspecified atom stereocenters. The second kappa shape index (κ2) is 14.9. The lowest BCUT2D eigenvalue weighted by atomic mass is 9.47. The minimum absolute atomic E-state index is 0.117. The van der Waals surface area contributed by atoms with Crippen molar-refractivity contribution in [1.82, 2.24) is 5.32 Å². The third-order valence-corrected chi connectivity index (χ3v) is 13.7. The molecule has 1 aliphatic heterocycles. The Morgan fingerprint density at radius 1 is 1.00 bits per heavy atom. The molecular formula is C38H65NO8. The molecule has 4 fully saturated rings. The van der Waals surface area contributed by atoms with E-state index in [1.54, 1.807) is 0 Å². The molecule has 0 radical (unpaired) electrons. The molecule has 0 spiro atoms. The van der Waals surface area contributed by atoms with Crippen molar-refractivity contribution in [3.63, 3.8) is 0 Å². The highest BCUT2D eigenvalue weighted by atomic mass is 16.7. The molecule has 13 atom stereocenters. The van der Waals surface area contributed by atoms with Crippen LogP contribution in [0.5, 0.6) is 0 Å². The van der Waals surface area contributed by atoms with Gasteiger partial charge in [-0.2, -0.15) is 0 Å². The van der Waals surface area contributed by atoms with E-state index in [0.717, 1.165) is 54.8 Å². The average Bonchev–Trinajstić information content (AvgIpc) is 3.39. The first-order chi connectivity index (χ1) is 22.2. The number of ether oxygens (including phenoxy) is 3. The second-order valence-corrected chi connectivity index (χ2v) is 17.1. The minimum Gasteiger partial charge on any atom is -0.446 e. The Morgan fingerprint density at radius 2 is 1.77 bits per heavy atom. The number of hydrogen-bond acceptors (Lipinski definition) is 8. The van der Waals surface area contributed by atoms with Crippen LogP contribution in [0.15, 0.2) is 11.6 Å². The van der Waals surface area contributed by atoms with Crippen molar-refractivity contribution in [3.05, 3.63) is 11.6 Å². The van der Waals surface area contributed by atoms with E-state index in [1.807, 2.05) is 0 Å². The number of carbonyl (C=O) groups excluding carboxylic acids is 1. The Morgan fingerprint density at radius 3 is 2.49 bits per heavy atom. The molecule has 0 aromatic carbocycles. The van der Waals surface area contributed by atoms with Crippen LogP contribution in [-0.4, -0.2) is 82.6 Å². The molecule has 4 aliphatic carbocycles. The first-order valence-electron chi connectivity index (χ1n) is 18.8. The van der Waals surface area contributed by atoms with Gasteiger partial charge in [0.2, 0.25) is 0 Å². The molecule has 1 saturated heterocycles. The summed E-state index contributed by atoms with van der Waals surface area (Å²) in [4.78, 5) is 12.7. The fourth-order valence-corrected chi connectivity index (χ4v) is 10.8. The summed E-state index contributed by atoms with van der Waals surface area (Å²) < 4.78 is 17.0. The van der Waals surface area contributed by atoms with E-state index in [1.165, 1.54) is 63.9 Å². The first-order valence-corrected chi connectivity index (χ1v) is 18.8. The summed E-state index contributed by atoms with van der Waals surface area (Å²) >= 11 is 0. The highest BCUT2D eigenvalue weighted by Crippen LogP contribution is 2.67. The van der Waals surface area contributed by atoms with Gasteiger partial charge in [0, 0.05) is 13.0 Å². The van der Waals surface area contributed by atoms with Gasteiger partial charge in [0.15, 0.2) is 6.29 Å².